The van der Waals surface area contributed by atoms with Gasteiger partial charge in [0.25, 0.3) is 0 Å². The molecule has 122 valence electrons. The largest absolute Gasteiger partial charge is 0.497 e. The van der Waals surface area contributed by atoms with Gasteiger partial charge in [0.1, 0.15) is 23.5 Å². The SMILES string of the molecule is COc1ccc([C@@H]2CN(C)[C@@H]3c4ccccc4OC[C@]23C#N)cc1. The predicted octanol–water partition coefficient (Wildman–Crippen LogP) is 3.37. The Balaban J connectivity index is 1.80. The first-order valence-corrected chi connectivity index (χ1v) is 8.17. The van der Waals surface area contributed by atoms with Crippen molar-refractivity contribution in [2.45, 2.75) is 12.0 Å². The molecule has 0 amide bonds. The molecule has 4 rings (SSSR count). The molecule has 0 unspecified atom stereocenters. The number of likely N-dealkylation sites (tertiary alicyclic amines) is 1. The highest BCUT2D eigenvalue weighted by atomic mass is 16.5. The van der Waals surface area contributed by atoms with E-state index < -0.39 is 5.41 Å². The average Bonchev–Trinajstić information content (AvgIpc) is 2.95. The second-order valence-corrected chi connectivity index (χ2v) is 6.65. The van der Waals surface area contributed by atoms with E-state index in [9.17, 15) is 5.26 Å². The number of para-hydroxylation sites is 1. The molecule has 2 aliphatic heterocycles. The smallest absolute Gasteiger partial charge is 0.124 e. The number of nitriles is 1. The summed E-state index contributed by atoms with van der Waals surface area (Å²) in [6, 6.07) is 18.8. The number of nitrogens with zero attached hydrogens (tertiary/aromatic N) is 2. The number of hydrogen-bond donors (Lipinski definition) is 0. The molecule has 0 bridgehead atoms. The highest BCUT2D eigenvalue weighted by Gasteiger charge is 2.58. The van der Waals surface area contributed by atoms with E-state index in [2.05, 4.69) is 36.2 Å². The third-order valence-corrected chi connectivity index (χ3v) is 5.43. The summed E-state index contributed by atoms with van der Waals surface area (Å²) >= 11 is 0. The van der Waals surface area contributed by atoms with E-state index in [-0.39, 0.29) is 12.0 Å². The zero-order valence-electron chi connectivity index (χ0n) is 13.9. The molecular weight excluding hydrogens is 300 g/mol. The van der Waals surface area contributed by atoms with Crippen LogP contribution in [-0.4, -0.2) is 32.2 Å². The summed E-state index contributed by atoms with van der Waals surface area (Å²) in [6.07, 6.45) is 0. The molecule has 0 aliphatic carbocycles. The lowest BCUT2D eigenvalue weighted by molar-refractivity contribution is 0.107. The Morgan fingerprint density at radius 3 is 2.67 bits per heavy atom. The van der Waals surface area contributed by atoms with Crippen LogP contribution in [0.4, 0.5) is 0 Å². The first kappa shape index (κ1) is 15.0. The van der Waals surface area contributed by atoms with Gasteiger partial charge in [0, 0.05) is 18.0 Å². The van der Waals surface area contributed by atoms with Gasteiger partial charge in [0.05, 0.1) is 19.2 Å². The molecule has 1 fully saturated rings. The molecule has 3 atom stereocenters. The molecule has 2 aromatic carbocycles. The summed E-state index contributed by atoms with van der Waals surface area (Å²) in [5.74, 6) is 1.84. The maximum atomic E-state index is 10.1. The van der Waals surface area contributed by atoms with Crippen LogP contribution in [0.15, 0.2) is 48.5 Å². The third-order valence-electron chi connectivity index (χ3n) is 5.43. The van der Waals surface area contributed by atoms with E-state index in [0.29, 0.717) is 6.61 Å². The number of hydrogen-bond acceptors (Lipinski definition) is 4. The summed E-state index contributed by atoms with van der Waals surface area (Å²) < 4.78 is 11.3. The molecule has 0 radical (unpaired) electrons. The fourth-order valence-electron chi connectivity index (χ4n) is 4.28. The van der Waals surface area contributed by atoms with Crippen molar-refractivity contribution in [2.75, 3.05) is 27.3 Å². The number of ether oxygens (including phenoxy) is 2. The van der Waals surface area contributed by atoms with Crippen molar-refractivity contribution in [1.29, 1.82) is 5.26 Å². The number of methoxy groups -OCH3 is 1. The number of likely N-dealkylation sites (N-methyl/N-ethyl adjacent to an activating group) is 1. The van der Waals surface area contributed by atoms with Crippen LogP contribution < -0.4 is 9.47 Å². The van der Waals surface area contributed by atoms with Gasteiger partial charge in [-0.1, -0.05) is 30.3 Å². The van der Waals surface area contributed by atoms with Crippen LogP contribution in [0, 0.1) is 16.7 Å². The highest BCUT2D eigenvalue weighted by Crippen LogP contribution is 2.57. The van der Waals surface area contributed by atoms with Crippen molar-refractivity contribution in [1.82, 2.24) is 4.90 Å². The molecule has 0 saturated carbocycles. The molecule has 4 nitrogen and oxygen atoms in total. The van der Waals surface area contributed by atoms with Crippen LogP contribution >= 0.6 is 0 Å². The minimum absolute atomic E-state index is 0.0551. The van der Waals surface area contributed by atoms with Crippen LogP contribution in [0.25, 0.3) is 0 Å². The maximum Gasteiger partial charge on any atom is 0.124 e. The second-order valence-electron chi connectivity index (χ2n) is 6.65. The summed E-state index contributed by atoms with van der Waals surface area (Å²) in [5.41, 5.74) is 1.70. The van der Waals surface area contributed by atoms with Crippen LogP contribution in [0.5, 0.6) is 11.5 Å². The maximum absolute atomic E-state index is 10.1. The van der Waals surface area contributed by atoms with Gasteiger partial charge in [-0.2, -0.15) is 5.26 Å². The van der Waals surface area contributed by atoms with Crippen LogP contribution in [0.1, 0.15) is 23.1 Å². The molecule has 4 heteroatoms. The average molecular weight is 320 g/mol. The van der Waals surface area contributed by atoms with Gasteiger partial charge >= 0.3 is 0 Å². The molecule has 2 heterocycles. The molecule has 2 aliphatic rings. The lowest BCUT2D eigenvalue weighted by Gasteiger charge is -2.39. The molecule has 1 saturated heterocycles. The summed E-state index contributed by atoms with van der Waals surface area (Å²) in [4.78, 5) is 2.29. The van der Waals surface area contributed by atoms with E-state index in [0.717, 1.165) is 29.2 Å². The lowest BCUT2D eigenvalue weighted by Crippen LogP contribution is -2.40. The van der Waals surface area contributed by atoms with Crippen molar-refractivity contribution in [3.63, 3.8) is 0 Å². The number of benzene rings is 2. The summed E-state index contributed by atoms with van der Waals surface area (Å²) in [7, 11) is 3.76. The van der Waals surface area contributed by atoms with Gasteiger partial charge in [0.2, 0.25) is 0 Å². The summed E-state index contributed by atoms with van der Waals surface area (Å²) in [5, 5.41) is 10.1. The fraction of sp³-hybridized carbons (Fsp3) is 0.350. The minimum Gasteiger partial charge on any atom is -0.497 e. The first-order valence-electron chi connectivity index (χ1n) is 8.17. The quantitative estimate of drug-likeness (QED) is 0.851. The van der Waals surface area contributed by atoms with Gasteiger partial charge in [-0.15, -0.1) is 0 Å². The Labute approximate surface area is 142 Å². The van der Waals surface area contributed by atoms with Gasteiger partial charge in [-0.3, -0.25) is 4.90 Å². The molecule has 0 aromatic heterocycles. The van der Waals surface area contributed by atoms with Crippen LogP contribution in [0.3, 0.4) is 0 Å². The highest BCUT2D eigenvalue weighted by molar-refractivity contribution is 5.45. The normalized spacial score (nSPS) is 28.4. The Hall–Kier alpha value is -2.51. The van der Waals surface area contributed by atoms with Crippen LogP contribution in [-0.2, 0) is 0 Å². The van der Waals surface area contributed by atoms with E-state index in [1.165, 1.54) is 0 Å². The zero-order chi connectivity index (χ0) is 16.7. The number of fused-ring (bicyclic) bond motifs is 3. The summed E-state index contributed by atoms with van der Waals surface area (Å²) in [6.45, 7) is 1.26. The molecule has 0 spiro atoms. The Morgan fingerprint density at radius 2 is 1.96 bits per heavy atom. The molecule has 0 N–H and O–H groups in total. The Morgan fingerprint density at radius 1 is 1.21 bits per heavy atom. The van der Waals surface area contributed by atoms with E-state index >= 15 is 0 Å². The van der Waals surface area contributed by atoms with E-state index in [1.54, 1.807) is 7.11 Å². The first-order chi connectivity index (χ1) is 11.7. The van der Waals surface area contributed by atoms with Gasteiger partial charge in [-0.05, 0) is 30.8 Å². The van der Waals surface area contributed by atoms with Crippen molar-refractivity contribution in [3.05, 3.63) is 59.7 Å². The Bertz CT molecular complexity index is 796. The second kappa shape index (κ2) is 5.54. The number of rotatable bonds is 2. The van der Waals surface area contributed by atoms with E-state index in [1.807, 2.05) is 30.3 Å². The monoisotopic (exact) mass is 320 g/mol. The van der Waals surface area contributed by atoms with Gasteiger partial charge in [0.15, 0.2) is 0 Å². The van der Waals surface area contributed by atoms with Crippen molar-refractivity contribution in [3.8, 4) is 17.6 Å². The molecule has 24 heavy (non-hydrogen) atoms. The van der Waals surface area contributed by atoms with Gasteiger partial charge < -0.3 is 9.47 Å². The molecule has 2 aromatic rings. The predicted molar refractivity (Wildman–Crippen MR) is 91.1 cm³/mol. The van der Waals surface area contributed by atoms with Crippen LogP contribution in [0.2, 0.25) is 0 Å². The third kappa shape index (κ3) is 2.02. The van der Waals surface area contributed by atoms with E-state index in [4.69, 9.17) is 9.47 Å². The standard InChI is InChI=1S/C20H20N2O2/c1-22-11-17(14-7-9-15(23-2)10-8-14)20(12-21)13-24-18-6-4-3-5-16(18)19(20)22/h3-10,17,19H,11,13H2,1-2H3/t17-,19+,20+/m0/s1. The lowest BCUT2D eigenvalue weighted by atomic mass is 9.69. The van der Waals surface area contributed by atoms with Crippen molar-refractivity contribution in [2.24, 2.45) is 5.41 Å². The Kier molecular flexibility index (Phi) is 3.47. The van der Waals surface area contributed by atoms with Crippen molar-refractivity contribution >= 4 is 0 Å². The molecular formula is C20H20N2O2. The zero-order valence-corrected chi connectivity index (χ0v) is 13.9. The topological polar surface area (TPSA) is 45.5 Å². The minimum atomic E-state index is -0.572. The fourth-order valence-corrected chi connectivity index (χ4v) is 4.28. The van der Waals surface area contributed by atoms with Gasteiger partial charge in [-0.25, -0.2) is 0 Å². The van der Waals surface area contributed by atoms with Crippen molar-refractivity contribution < 1.29 is 9.47 Å².